The molecule has 0 amide bonds. The van der Waals surface area contributed by atoms with E-state index in [2.05, 4.69) is 48.3 Å². The molecule has 1 aliphatic rings. The van der Waals surface area contributed by atoms with Crippen LogP contribution in [-0.4, -0.2) is 4.98 Å². The quantitative estimate of drug-likeness (QED) is 0.651. The summed E-state index contributed by atoms with van der Waals surface area (Å²) >= 11 is 0. The number of allylic oxidation sites excluding steroid dienone is 6. The molecule has 0 atom stereocenters. The Morgan fingerprint density at radius 3 is 2.86 bits per heavy atom. The molecule has 0 aliphatic heterocycles. The first-order chi connectivity index (χ1) is 6.86. The lowest BCUT2D eigenvalue weighted by Crippen LogP contribution is -1.88. The average Bonchev–Trinajstić information content (AvgIpc) is 2.47. The van der Waals surface area contributed by atoms with E-state index in [4.69, 9.17) is 0 Å². The van der Waals surface area contributed by atoms with Gasteiger partial charge in [0.1, 0.15) is 0 Å². The summed E-state index contributed by atoms with van der Waals surface area (Å²) in [5.74, 6) is 0. The van der Waals surface area contributed by atoms with Crippen molar-refractivity contribution >= 4 is 5.57 Å². The van der Waals surface area contributed by atoms with Crippen molar-refractivity contribution < 1.29 is 0 Å². The maximum atomic E-state index is 4.41. The Kier molecular flexibility index (Phi) is 2.59. The minimum Gasteiger partial charge on any atom is -0.256 e. The third-order valence-electron chi connectivity index (χ3n) is 2.23. The highest BCUT2D eigenvalue weighted by Gasteiger charge is 2.00. The number of aryl methyl sites for hydroxylation is 1. The van der Waals surface area contributed by atoms with Crippen molar-refractivity contribution in [2.24, 2.45) is 0 Å². The summed E-state index contributed by atoms with van der Waals surface area (Å²) in [5, 5.41) is 0. The van der Waals surface area contributed by atoms with E-state index in [0.717, 1.165) is 12.1 Å². The molecule has 1 aromatic rings. The fraction of sp³-hybridized carbons (Fsp3) is 0.154. The summed E-state index contributed by atoms with van der Waals surface area (Å²) in [6.07, 6.45) is 13.3. The van der Waals surface area contributed by atoms with Gasteiger partial charge in [-0.1, -0.05) is 36.4 Å². The predicted molar refractivity (Wildman–Crippen MR) is 59.8 cm³/mol. The van der Waals surface area contributed by atoms with Crippen LogP contribution < -0.4 is 0 Å². The van der Waals surface area contributed by atoms with Crippen molar-refractivity contribution in [3.05, 3.63) is 60.0 Å². The smallest absolute Gasteiger partial charge is 0.0664 e. The Balaban J connectivity index is 2.31. The summed E-state index contributed by atoms with van der Waals surface area (Å²) in [6, 6.07) is 4.18. The monoisotopic (exact) mass is 183 g/mol. The zero-order valence-corrected chi connectivity index (χ0v) is 8.27. The summed E-state index contributed by atoms with van der Waals surface area (Å²) in [7, 11) is 0. The van der Waals surface area contributed by atoms with Gasteiger partial charge in [-0.25, -0.2) is 0 Å². The van der Waals surface area contributed by atoms with Gasteiger partial charge in [0.25, 0.3) is 0 Å². The van der Waals surface area contributed by atoms with E-state index in [1.165, 1.54) is 11.1 Å². The van der Waals surface area contributed by atoms with Crippen LogP contribution in [0.1, 0.15) is 17.7 Å². The lowest BCUT2D eigenvalue weighted by atomic mass is 10.1. The molecule has 1 aliphatic carbocycles. The van der Waals surface area contributed by atoms with E-state index in [-0.39, 0.29) is 0 Å². The number of hydrogen-bond acceptors (Lipinski definition) is 1. The average molecular weight is 183 g/mol. The normalized spacial score (nSPS) is 15.1. The molecular formula is C13H13N. The van der Waals surface area contributed by atoms with E-state index in [1.807, 2.05) is 12.3 Å². The largest absolute Gasteiger partial charge is 0.256 e. The van der Waals surface area contributed by atoms with Crippen LogP contribution in [0.5, 0.6) is 0 Å². The van der Waals surface area contributed by atoms with Crippen molar-refractivity contribution in [1.29, 1.82) is 0 Å². The second-order valence-corrected chi connectivity index (χ2v) is 3.43. The van der Waals surface area contributed by atoms with Gasteiger partial charge in [0, 0.05) is 6.20 Å². The molecule has 0 unspecified atom stereocenters. The Morgan fingerprint density at radius 1 is 1.14 bits per heavy atom. The lowest BCUT2D eigenvalue weighted by Gasteiger charge is -2.02. The van der Waals surface area contributed by atoms with Crippen LogP contribution >= 0.6 is 0 Å². The van der Waals surface area contributed by atoms with Crippen molar-refractivity contribution in [2.75, 3.05) is 0 Å². The van der Waals surface area contributed by atoms with E-state index in [9.17, 15) is 0 Å². The fourth-order valence-electron chi connectivity index (χ4n) is 1.43. The molecule has 14 heavy (non-hydrogen) atoms. The first-order valence-corrected chi connectivity index (χ1v) is 4.81. The van der Waals surface area contributed by atoms with E-state index in [1.54, 1.807) is 0 Å². The van der Waals surface area contributed by atoms with Gasteiger partial charge in [-0.15, -0.1) is 0 Å². The highest BCUT2D eigenvalue weighted by atomic mass is 14.7. The minimum absolute atomic E-state index is 0.961. The molecule has 0 bridgehead atoms. The van der Waals surface area contributed by atoms with Crippen LogP contribution in [-0.2, 0) is 0 Å². The summed E-state index contributed by atoms with van der Waals surface area (Å²) in [5.41, 5.74) is 3.55. The first-order valence-electron chi connectivity index (χ1n) is 4.81. The van der Waals surface area contributed by atoms with Crippen molar-refractivity contribution in [1.82, 2.24) is 4.98 Å². The third-order valence-corrected chi connectivity index (χ3v) is 2.23. The van der Waals surface area contributed by atoms with Crippen molar-refractivity contribution in [3.63, 3.8) is 0 Å². The summed E-state index contributed by atoms with van der Waals surface area (Å²) in [4.78, 5) is 4.41. The molecular weight excluding hydrogens is 170 g/mol. The van der Waals surface area contributed by atoms with Gasteiger partial charge in [0.05, 0.1) is 5.69 Å². The molecule has 0 N–H and O–H groups in total. The topological polar surface area (TPSA) is 12.9 Å². The van der Waals surface area contributed by atoms with Crippen LogP contribution in [0.4, 0.5) is 0 Å². The molecule has 1 nitrogen and oxygen atoms in total. The third kappa shape index (κ3) is 1.99. The van der Waals surface area contributed by atoms with Crippen LogP contribution in [0, 0.1) is 6.92 Å². The molecule has 0 saturated heterocycles. The van der Waals surface area contributed by atoms with Crippen LogP contribution in [0.3, 0.4) is 0 Å². The highest BCUT2D eigenvalue weighted by Crippen LogP contribution is 2.18. The molecule has 0 saturated carbocycles. The van der Waals surface area contributed by atoms with E-state index < -0.39 is 0 Å². The standard InChI is InChI=1S/C13H13N/c1-11-8-9-13(14-10-11)12-6-4-2-3-5-7-12/h2-6,8-10H,7H2,1H3. The molecule has 1 heterocycles. The summed E-state index contributed by atoms with van der Waals surface area (Å²) < 4.78 is 0. The zero-order valence-electron chi connectivity index (χ0n) is 8.27. The van der Waals surface area contributed by atoms with E-state index >= 15 is 0 Å². The van der Waals surface area contributed by atoms with Gasteiger partial charge in [-0.3, -0.25) is 4.98 Å². The van der Waals surface area contributed by atoms with Crippen LogP contribution in [0.15, 0.2) is 48.7 Å². The molecule has 0 radical (unpaired) electrons. The lowest BCUT2D eigenvalue weighted by molar-refractivity contribution is 1.20. The molecule has 1 aromatic heterocycles. The van der Waals surface area contributed by atoms with Gasteiger partial charge >= 0.3 is 0 Å². The Bertz CT molecular complexity index is 394. The fourth-order valence-corrected chi connectivity index (χ4v) is 1.43. The number of rotatable bonds is 1. The molecule has 2 rings (SSSR count). The minimum atomic E-state index is 0.961. The molecule has 0 aromatic carbocycles. The Morgan fingerprint density at radius 2 is 2.07 bits per heavy atom. The number of pyridine rings is 1. The maximum Gasteiger partial charge on any atom is 0.0664 e. The van der Waals surface area contributed by atoms with Gasteiger partial charge in [-0.2, -0.15) is 0 Å². The summed E-state index contributed by atoms with van der Waals surface area (Å²) in [6.45, 7) is 2.05. The van der Waals surface area contributed by atoms with Crippen molar-refractivity contribution in [3.8, 4) is 0 Å². The second-order valence-electron chi connectivity index (χ2n) is 3.43. The van der Waals surface area contributed by atoms with Gasteiger partial charge in [0.15, 0.2) is 0 Å². The van der Waals surface area contributed by atoms with Gasteiger partial charge in [-0.05, 0) is 30.5 Å². The first kappa shape index (κ1) is 8.95. The maximum absolute atomic E-state index is 4.41. The SMILES string of the molecule is Cc1ccc(C2=CC=CC=CC2)nc1. The number of hydrogen-bond donors (Lipinski definition) is 0. The van der Waals surface area contributed by atoms with Gasteiger partial charge < -0.3 is 0 Å². The molecule has 70 valence electrons. The molecule has 1 heteroatoms. The zero-order chi connectivity index (χ0) is 9.80. The van der Waals surface area contributed by atoms with Gasteiger partial charge in [0.2, 0.25) is 0 Å². The predicted octanol–water partition coefficient (Wildman–Crippen LogP) is 3.29. The highest BCUT2D eigenvalue weighted by molar-refractivity contribution is 5.66. The number of aromatic nitrogens is 1. The Labute approximate surface area is 84.5 Å². The molecule has 0 fully saturated rings. The van der Waals surface area contributed by atoms with Crippen LogP contribution in [0.25, 0.3) is 5.57 Å². The van der Waals surface area contributed by atoms with Crippen molar-refractivity contribution in [2.45, 2.75) is 13.3 Å². The second kappa shape index (κ2) is 4.05. The number of nitrogens with zero attached hydrogens (tertiary/aromatic N) is 1. The van der Waals surface area contributed by atoms with E-state index in [0.29, 0.717) is 0 Å². The molecule has 0 spiro atoms. The Hall–Kier alpha value is -1.63. The van der Waals surface area contributed by atoms with Crippen LogP contribution in [0.2, 0.25) is 0 Å².